The van der Waals surface area contributed by atoms with Gasteiger partial charge < -0.3 is 10.2 Å². The summed E-state index contributed by atoms with van der Waals surface area (Å²) in [7, 11) is 3.69. The number of hydrogen-bond donors (Lipinski definition) is 2. The molecule has 0 atom stereocenters. The molecule has 1 aliphatic heterocycles. The van der Waals surface area contributed by atoms with Gasteiger partial charge in [0.15, 0.2) is 0 Å². The Balaban J connectivity index is 0. The fourth-order valence-electron chi connectivity index (χ4n) is 0.624. The first kappa shape index (κ1) is 18.7. The molecule has 0 radical (unpaired) electrons. The van der Waals surface area contributed by atoms with Gasteiger partial charge in [0.2, 0.25) is 0 Å². The van der Waals surface area contributed by atoms with Crippen LogP contribution in [-0.4, -0.2) is 27.9 Å². The van der Waals surface area contributed by atoms with E-state index in [1.54, 1.807) is 0 Å². The van der Waals surface area contributed by atoms with Gasteiger partial charge in [-0.2, -0.15) is 0 Å². The lowest BCUT2D eigenvalue weighted by Gasteiger charge is -1.79. The van der Waals surface area contributed by atoms with Gasteiger partial charge in [0.05, 0.1) is 0 Å². The zero-order valence-electron chi connectivity index (χ0n) is 10.2. The van der Waals surface area contributed by atoms with Crippen molar-refractivity contribution in [2.24, 2.45) is 0 Å². The molecule has 0 amide bonds. The summed E-state index contributed by atoms with van der Waals surface area (Å²) in [5.41, 5.74) is 0. The molecule has 0 spiro atoms. The summed E-state index contributed by atoms with van der Waals surface area (Å²) in [4.78, 5) is 19.2. The molecule has 4 nitrogen and oxygen atoms in total. The SMILES string of the molecule is C1=CSSC1.CCCC(=O)O.CCCC(=O)O. The summed E-state index contributed by atoms with van der Waals surface area (Å²) in [6.07, 6.45) is 4.21. The molecule has 0 bridgehead atoms. The molecule has 1 aliphatic rings. The molecule has 1 heterocycles. The predicted octanol–water partition coefficient (Wildman–Crippen LogP) is 3.64. The highest BCUT2D eigenvalue weighted by Gasteiger charge is 1.88. The Bertz CT molecular complexity index is 208. The molecule has 0 aliphatic carbocycles. The second-order valence-electron chi connectivity index (χ2n) is 3.04. The van der Waals surface area contributed by atoms with Gasteiger partial charge in [-0.05, 0) is 18.2 Å². The van der Waals surface area contributed by atoms with Crippen molar-refractivity contribution < 1.29 is 19.8 Å². The summed E-state index contributed by atoms with van der Waals surface area (Å²) >= 11 is 0. The van der Waals surface area contributed by atoms with Crippen molar-refractivity contribution in [3.8, 4) is 0 Å². The molecule has 0 aromatic heterocycles. The van der Waals surface area contributed by atoms with E-state index in [1.807, 2.05) is 35.4 Å². The number of carboxylic acid groups (broad SMARTS) is 2. The lowest BCUT2D eigenvalue weighted by Crippen LogP contribution is -1.90. The van der Waals surface area contributed by atoms with E-state index in [-0.39, 0.29) is 0 Å². The standard InChI is InChI=1S/2C4H8O2.C3H4S2/c2*1-2-3-4(5)6;1-2-4-5-3-1/h2*2-3H2,1H3,(H,5,6);1-2H,3H2. The van der Waals surface area contributed by atoms with Crippen molar-refractivity contribution in [2.75, 3.05) is 5.75 Å². The van der Waals surface area contributed by atoms with E-state index >= 15 is 0 Å². The molecule has 2 N–H and O–H groups in total. The molecular formula is C11H20O4S2. The maximum absolute atomic E-state index is 9.60. The molecule has 0 unspecified atom stereocenters. The summed E-state index contributed by atoms with van der Waals surface area (Å²) in [6.45, 7) is 3.68. The van der Waals surface area contributed by atoms with Gasteiger partial charge in [-0.3, -0.25) is 9.59 Å². The highest BCUT2D eigenvalue weighted by Crippen LogP contribution is 2.27. The summed E-state index contributed by atoms with van der Waals surface area (Å²) in [6, 6.07) is 0. The normalized spacial score (nSPS) is 11.9. The Morgan fingerprint density at radius 3 is 1.65 bits per heavy atom. The minimum Gasteiger partial charge on any atom is -0.481 e. The number of carbonyl (C=O) groups is 2. The Morgan fingerprint density at radius 2 is 1.59 bits per heavy atom. The van der Waals surface area contributed by atoms with Gasteiger partial charge in [-0.1, -0.05) is 41.5 Å². The highest BCUT2D eigenvalue weighted by molar-refractivity contribution is 8.78. The van der Waals surface area contributed by atoms with Crippen LogP contribution in [0, 0.1) is 0 Å². The van der Waals surface area contributed by atoms with Gasteiger partial charge in [0, 0.05) is 18.6 Å². The molecular weight excluding hydrogens is 260 g/mol. The van der Waals surface area contributed by atoms with Crippen LogP contribution in [-0.2, 0) is 9.59 Å². The summed E-state index contributed by atoms with van der Waals surface area (Å²) in [5.74, 6) is -0.222. The molecule has 0 saturated carbocycles. The van der Waals surface area contributed by atoms with Gasteiger partial charge in [-0.15, -0.1) is 0 Å². The van der Waals surface area contributed by atoms with Crippen LogP contribution in [0.5, 0.6) is 0 Å². The largest absolute Gasteiger partial charge is 0.481 e. The monoisotopic (exact) mass is 280 g/mol. The van der Waals surface area contributed by atoms with E-state index in [2.05, 4.69) is 11.5 Å². The van der Waals surface area contributed by atoms with Gasteiger partial charge >= 0.3 is 11.9 Å². The Kier molecular flexibility index (Phi) is 17.0. The number of rotatable bonds is 4. The average Bonchev–Trinajstić information content (AvgIpc) is 2.75. The first-order valence-electron chi connectivity index (χ1n) is 5.41. The van der Waals surface area contributed by atoms with Crippen LogP contribution in [0.25, 0.3) is 0 Å². The topological polar surface area (TPSA) is 74.6 Å². The van der Waals surface area contributed by atoms with E-state index in [1.165, 1.54) is 5.75 Å². The summed E-state index contributed by atoms with van der Waals surface area (Å²) in [5, 5.41) is 17.9. The Labute approximate surface area is 110 Å². The molecule has 0 saturated heterocycles. The fourth-order valence-corrected chi connectivity index (χ4v) is 2.20. The smallest absolute Gasteiger partial charge is 0.303 e. The van der Waals surface area contributed by atoms with E-state index in [4.69, 9.17) is 10.2 Å². The third-order valence-electron chi connectivity index (χ3n) is 1.31. The highest BCUT2D eigenvalue weighted by atomic mass is 33.1. The van der Waals surface area contributed by atoms with Crippen molar-refractivity contribution in [2.45, 2.75) is 39.5 Å². The lowest BCUT2D eigenvalue weighted by molar-refractivity contribution is -0.138. The number of hydrogen-bond acceptors (Lipinski definition) is 4. The molecule has 6 heteroatoms. The van der Waals surface area contributed by atoms with Crippen LogP contribution in [0.15, 0.2) is 11.5 Å². The Hall–Kier alpha value is -0.620. The maximum atomic E-state index is 9.60. The van der Waals surface area contributed by atoms with Crippen LogP contribution in [0.2, 0.25) is 0 Å². The fraction of sp³-hybridized carbons (Fsp3) is 0.636. The lowest BCUT2D eigenvalue weighted by atomic mass is 10.4. The van der Waals surface area contributed by atoms with Gasteiger partial charge in [-0.25, -0.2) is 0 Å². The van der Waals surface area contributed by atoms with Crippen molar-refractivity contribution in [1.82, 2.24) is 0 Å². The molecule has 0 aromatic carbocycles. The van der Waals surface area contributed by atoms with E-state index in [0.717, 1.165) is 12.8 Å². The minimum absolute atomic E-state index is 0.292. The van der Waals surface area contributed by atoms with Crippen molar-refractivity contribution in [3.63, 3.8) is 0 Å². The van der Waals surface area contributed by atoms with E-state index in [9.17, 15) is 9.59 Å². The number of aliphatic carboxylic acids is 2. The van der Waals surface area contributed by atoms with Crippen LogP contribution in [0.3, 0.4) is 0 Å². The second-order valence-corrected chi connectivity index (χ2v) is 5.36. The number of carboxylic acids is 2. The van der Waals surface area contributed by atoms with Crippen molar-refractivity contribution in [1.29, 1.82) is 0 Å². The van der Waals surface area contributed by atoms with Crippen LogP contribution in [0.1, 0.15) is 39.5 Å². The Morgan fingerprint density at radius 1 is 1.12 bits per heavy atom. The second kappa shape index (κ2) is 15.4. The third kappa shape index (κ3) is 25.6. The van der Waals surface area contributed by atoms with Crippen LogP contribution in [0.4, 0.5) is 0 Å². The van der Waals surface area contributed by atoms with Crippen LogP contribution >= 0.6 is 21.6 Å². The quantitative estimate of drug-likeness (QED) is 0.766. The first-order valence-corrected chi connectivity index (χ1v) is 7.79. The predicted molar refractivity (Wildman–Crippen MR) is 74.3 cm³/mol. The zero-order chi connectivity index (χ0) is 13.5. The van der Waals surface area contributed by atoms with Gasteiger partial charge in [0.1, 0.15) is 0 Å². The van der Waals surface area contributed by atoms with Crippen molar-refractivity contribution in [3.05, 3.63) is 11.5 Å². The van der Waals surface area contributed by atoms with Crippen molar-refractivity contribution >= 4 is 33.5 Å². The molecule has 17 heavy (non-hydrogen) atoms. The zero-order valence-corrected chi connectivity index (χ0v) is 11.9. The maximum Gasteiger partial charge on any atom is 0.303 e. The van der Waals surface area contributed by atoms with Crippen LogP contribution < -0.4 is 0 Å². The minimum atomic E-state index is -0.711. The van der Waals surface area contributed by atoms with E-state index < -0.39 is 11.9 Å². The van der Waals surface area contributed by atoms with E-state index in [0.29, 0.717) is 12.8 Å². The average molecular weight is 280 g/mol. The molecule has 0 aromatic rings. The first-order chi connectivity index (χ1) is 8.04. The molecule has 0 fully saturated rings. The summed E-state index contributed by atoms with van der Waals surface area (Å²) < 4.78 is 0. The molecule has 1 rings (SSSR count). The molecule has 100 valence electrons. The van der Waals surface area contributed by atoms with Gasteiger partial charge in [0.25, 0.3) is 0 Å². The third-order valence-corrected chi connectivity index (χ3v) is 3.23.